The number of rotatable bonds is 5. The highest BCUT2D eigenvalue weighted by molar-refractivity contribution is 5.87. The van der Waals surface area contributed by atoms with E-state index in [1.165, 1.54) is 21.9 Å². The molecule has 3 aromatic rings. The van der Waals surface area contributed by atoms with Crippen molar-refractivity contribution in [2.24, 2.45) is 5.92 Å². The number of hydrogen-bond acceptors (Lipinski definition) is 4. The van der Waals surface area contributed by atoms with Crippen molar-refractivity contribution in [1.82, 2.24) is 9.88 Å². The zero-order valence-corrected chi connectivity index (χ0v) is 16.3. The van der Waals surface area contributed by atoms with Gasteiger partial charge in [0.05, 0.1) is 12.5 Å². The van der Waals surface area contributed by atoms with Crippen LogP contribution in [0.15, 0.2) is 60.9 Å². The van der Waals surface area contributed by atoms with E-state index in [1.807, 2.05) is 19.3 Å². The molecule has 0 aliphatic carbocycles. The van der Waals surface area contributed by atoms with Crippen molar-refractivity contribution in [1.29, 1.82) is 0 Å². The Bertz CT molecular complexity index is 969. The molecular formula is C24H26N2O2. The summed E-state index contributed by atoms with van der Waals surface area (Å²) in [7, 11) is 0. The highest BCUT2D eigenvalue weighted by atomic mass is 16.5. The number of pyridine rings is 1. The number of hydrogen-bond donors (Lipinski definition) is 0. The molecule has 1 unspecified atom stereocenters. The van der Waals surface area contributed by atoms with Crippen LogP contribution in [-0.4, -0.2) is 35.5 Å². The molecule has 1 fully saturated rings. The molecule has 1 atom stereocenters. The fourth-order valence-corrected chi connectivity index (χ4v) is 4.01. The zero-order valence-electron chi connectivity index (χ0n) is 16.3. The Morgan fingerprint density at radius 3 is 2.82 bits per heavy atom. The van der Waals surface area contributed by atoms with Gasteiger partial charge in [-0.25, -0.2) is 0 Å². The Kier molecular flexibility index (Phi) is 5.68. The quantitative estimate of drug-likeness (QED) is 0.608. The third kappa shape index (κ3) is 4.23. The molecule has 4 heteroatoms. The lowest BCUT2D eigenvalue weighted by Crippen LogP contribution is -2.38. The maximum Gasteiger partial charge on any atom is 0.310 e. The van der Waals surface area contributed by atoms with Crippen LogP contribution in [-0.2, 0) is 16.1 Å². The number of carbonyl (C=O) groups is 1. The first-order valence-corrected chi connectivity index (χ1v) is 10.0. The number of ether oxygens (including phenoxy) is 1. The van der Waals surface area contributed by atoms with E-state index in [2.05, 4.69) is 58.4 Å². The number of nitrogens with zero attached hydrogens (tertiary/aromatic N) is 2. The first-order valence-electron chi connectivity index (χ1n) is 10.0. The summed E-state index contributed by atoms with van der Waals surface area (Å²) in [5.74, 6) is -0.0689. The van der Waals surface area contributed by atoms with Gasteiger partial charge in [-0.05, 0) is 60.3 Å². The number of aromatic nitrogens is 1. The smallest absolute Gasteiger partial charge is 0.310 e. The van der Waals surface area contributed by atoms with Gasteiger partial charge in [0, 0.05) is 31.0 Å². The highest BCUT2D eigenvalue weighted by Crippen LogP contribution is 2.26. The van der Waals surface area contributed by atoms with Gasteiger partial charge in [-0.1, -0.05) is 36.4 Å². The van der Waals surface area contributed by atoms with Gasteiger partial charge in [0.1, 0.15) is 0 Å². The van der Waals surface area contributed by atoms with Crippen molar-refractivity contribution in [2.45, 2.75) is 26.3 Å². The molecule has 144 valence electrons. The number of esters is 1. The number of fused-ring (bicyclic) bond motifs is 1. The molecule has 0 saturated carbocycles. The van der Waals surface area contributed by atoms with Gasteiger partial charge in [0.2, 0.25) is 0 Å². The average molecular weight is 374 g/mol. The fraction of sp³-hybridized carbons (Fsp3) is 0.333. The molecule has 0 spiro atoms. The summed E-state index contributed by atoms with van der Waals surface area (Å²) >= 11 is 0. The van der Waals surface area contributed by atoms with Crippen LogP contribution in [0.1, 0.15) is 25.3 Å². The van der Waals surface area contributed by atoms with Crippen molar-refractivity contribution in [3.05, 3.63) is 66.5 Å². The first kappa shape index (κ1) is 18.6. The van der Waals surface area contributed by atoms with E-state index >= 15 is 0 Å². The van der Waals surface area contributed by atoms with E-state index < -0.39 is 0 Å². The Morgan fingerprint density at radius 2 is 1.96 bits per heavy atom. The number of carbonyl (C=O) groups excluding carboxylic acids is 1. The molecule has 1 aromatic heterocycles. The molecule has 2 aromatic carbocycles. The normalized spacial score (nSPS) is 17.5. The SMILES string of the molecule is CCOC(=O)C1CCCN(Cc2cncc(-c3ccc4ccccc4c3)c2)C1. The van der Waals surface area contributed by atoms with Crippen molar-refractivity contribution in [2.75, 3.05) is 19.7 Å². The molecule has 1 aliphatic heterocycles. The topological polar surface area (TPSA) is 42.4 Å². The monoisotopic (exact) mass is 374 g/mol. The molecule has 4 rings (SSSR count). The molecule has 0 bridgehead atoms. The third-order valence-corrected chi connectivity index (χ3v) is 5.41. The molecule has 4 nitrogen and oxygen atoms in total. The minimum atomic E-state index is -0.0600. The van der Waals surface area contributed by atoms with Crippen LogP contribution in [0.2, 0.25) is 0 Å². The van der Waals surface area contributed by atoms with Crippen LogP contribution in [0, 0.1) is 5.92 Å². The van der Waals surface area contributed by atoms with E-state index in [-0.39, 0.29) is 11.9 Å². The van der Waals surface area contributed by atoms with E-state index in [0.29, 0.717) is 6.61 Å². The average Bonchev–Trinajstić information content (AvgIpc) is 2.74. The molecule has 1 saturated heterocycles. The highest BCUT2D eigenvalue weighted by Gasteiger charge is 2.26. The largest absolute Gasteiger partial charge is 0.466 e. The molecule has 2 heterocycles. The lowest BCUT2D eigenvalue weighted by molar-refractivity contribution is -0.150. The van der Waals surface area contributed by atoms with Crippen LogP contribution < -0.4 is 0 Å². The van der Waals surface area contributed by atoms with Gasteiger partial charge >= 0.3 is 5.97 Å². The Balaban J connectivity index is 1.49. The van der Waals surface area contributed by atoms with Gasteiger partial charge in [-0.3, -0.25) is 14.7 Å². The predicted octanol–water partition coefficient (Wildman–Crippen LogP) is 4.68. The van der Waals surface area contributed by atoms with Crippen LogP contribution in [0.25, 0.3) is 21.9 Å². The summed E-state index contributed by atoms with van der Waals surface area (Å²) in [5.41, 5.74) is 3.48. The summed E-state index contributed by atoms with van der Waals surface area (Å²) in [6.45, 7) is 4.90. The second-order valence-electron chi connectivity index (χ2n) is 7.47. The van der Waals surface area contributed by atoms with Gasteiger partial charge in [-0.15, -0.1) is 0 Å². The van der Waals surface area contributed by atoms with Crippen molar-refractivity contribution in [3.63, 3.8) is 0 Å². The van der Waals surface area contributed by atoms with Gasteiger partial charge in [0.15, 0.2) is 0 Å². The van der Waals surface area contributed by atoms with E-state index in [4.69, 9.17) is 4.74 Å². The van der Waals surface area contributed by atoms with Crippen molar-refractivity contribution >= 4 is 16.7 Å². The maximum absolute atomic E-state index is 12.1. The Hall–Kier alpha value is -2.72. The maximum atomic E-state index is 12.1. The lowest BCUT2D eigenvalue weighted by atomic mass is 9.97. The summed E-state index contributed by atoms with van der Waals surface area (Å²) < 4.78 is 5.21. The first-order chi connectivity index (χ1) is 13.7. The van der Waals surface area contributed by atoms with Crippen LogP contribution in [0.5, 0.6) is 0 Å². The Morgan fingerprint density at radius 1 is 1.11 bits per heavy atom. The van der Waals surface area contributed by atoms with E-state index in [1.54, 1.807) is 0 Å². The summed E-state index contributed by atoms with van der Waals surface area (Å²) in [6.07, 6.45) is 5.80. The van der Waals surface area contributed by atoms with Crippen molar-refractivity contribution < 1.29 is 9.53 Å². The Labute approximate surface area is 166 Å². The summed E-state index contributed by atoms with van der Waals surface area (Å²) in [6, 6.07) is 17.1. The molecule has 0 radical (unpaired) electrons. The van der Waals surface area contributed by atoms with Crippen LogP contribution in [0.4, 0.5) is 0 Å². The zero-order chi connectivity index (χ0) is 19.3. The van der Waals surface area contributed by atoms with Crippen molar-refractivity contribution in [3.8, 4) is 11.1 Å². The molecule has 0 N–H and O–H groups in total. The van der Waals surface area contributed by atoms with Gasteiger partial charge in [0.25, 0.3) is 0 Å². The molecule has 1 aliphatic rings. The second kappa shape index (κ2) is 8.53. The second-order valence-corrected chi connectivity index (χ2v) is 7.47. The number of likely N-dealkylation sites (tertiary alicyclic amines) is 1. The molecular weight excluding hydrogens is 348 g/mol. The van der Waals surface area contributed by atoms with E-state index in [9.17, 15) is 4.79 Å². The number of benzene rings is 2. The molecule has 0 amide bonds. The summed E-state index contributed by atoms with van der Waals surface area (Å²) in [4.78, 5) is 18.9. The van der Waals surface area contributed by atoms with Crippen LogP contribution >= 0.6 is 0 Å². The van der Waals surface area contributed by atoms with Crippen LogP contribution in [0.3, 0.4) is 0 Å². The minimum Gasteiger partial charge on any atom is -0.466 e. The summed E-state index contributed by atoms with van der Waals surface area (Å²) in [5, 5.41) is 2.48. The van der Waals surface area contributed by atoms with E-state index in [0.717, 1.165) is 38.0 Å². The van der Waals surface area contributed by atoms with Gasteiger partial charge < -0.3 is 4.74 Å². The molecule has 28 heavy (non-hydrogen) atoms. The number of piperidine rings is 1. The predicted molar refractivity (Wildman–Crippen MR) is 112 cm³/mol. The fourth-order valence-electron chi connectivity index (χ4n) is 4.01. The van der Waals surface area contributed by atoms with Gasteiger partial charge in [-0.2, -0.15) is 0 Å². The standard InChI is InChI=1S/C24H26N2O2/c1-2-28-24(27)22-8-5-11-26(17-22)16-18-12-23(15-25-14-18)21-10-9-19-6-3-4-7-20(19)13-21/h3-4,6-7,9-10,12-15,22H,2,5,8,11,16-17H2,1H3. The minimum absolute atomic E-state index is 0.00895. The lowest BCUT2D eigenvalue weighted by Gasteiger charge is -2.31. The third-order valence-electron chi connectivity index (χ3n) is 5.41.